The van der Waals surface area contributed by atoms with E-state index in [1.54, 1.807) is 59.0 Å². The number of morpholine rings is 1. The zero-order valence-electron chi connectivity index (χ0n) is 23.6. The molecule has 4 rings (SSSR count). The van der Waals surface area contributed by atoms with E-state index in [0.29, 0.717) is 36.8 Å². The summed E-state index contributed by atoms with van der Waals surface area (Å²) in [6, 6.07) is 6.67. The maximum Gasteiger partial charge on any atom is 0.418 e. The Balaban J connectivity index is 1.62. The topological polar surface area (TPSA) is 76.4 Å². The molecule has 1 atom stereocenters. The van der Waals surface area contributed by atoms with Gasteiger partial charge in [-0.05, 0) is 38.1 Å². The van der Waals surface area contributed by atoms with Crippen molar-refractivity contribution in [2.24, 2.45) is 7.05 Å². The third-order valence-corrected chi connectivity index (χ3v) is 7.09. The van der Waals surface area contributed by atoms with E-state index in [1.165, 1.54) is 15.7 Å². The first-order valence-corrected chi connectivity index (χ1v) is 13.4. The Hall–Kier alpha value is -2.86. The van der Waals surface area contributed by atoms with Gasteiger partial charge in [0.2, 0.25) is 0 Å². The van der Waals surface area contributed by atoms with Crippen LogP contribution in [0.4, 0.5) is 13.2 Å². The number of amides is 1. The van der Waals surface area contributed by atoms with Crippen LogP contribution in [-0.2, 0) is 28.1 Å². The summed E-state index contributed by atoms with van der Waals surface area (Å²) in [5.41, 5.74) is -1.35. The molecule has 0 spiro atoms. The van der Waals surface area contributed by atoms with E-state index in [9.17, 15) is 23.1 Å². The van der Waals surface area contributed by atoms with Crippen molar-refractivity contribution in [3.05, 3.63) is 59.0 Å². The molecule has 1 N–H and O–H groups in total. The molecular weight excluding hydrogens is 527 g/mol. The van der Waals surface area contributed by atoms with E-state index in [2.05, 4.69) is 4.90 Å². The molecule has 1 amide bonds. The number of carbonyl (C=O) groups is 1. The lowest BCUT2D eigenvalue weighted by molar-refractivity contribution is -0.138. The second kappa shape index (κ2) is 11.9. The van der Waals surface area contributed by atoms with Gasteiger partial charge in [0, 0.05) is 73.4 Å². The fraction of sp³-hybridized carbons (Fsp3) is 0.552. The number of rotatable bonds is 8. The van der Waals surface area contributed by atoms with E-state index >= 15 is 0 Å². The van der Waals surface area contributed by atoms with Crippen LogP contribution in [0.2, 0.25) is 0 Å². The number of aromatic nitrogens is 1. The fourth-order valence-electron chi connectivity index (χ4n) is 5.35. The van der Waals surface area contributed by atoms with Crippen LogP contribution >= 0.6 is 0 Å². The van der Waals surface area contributed by atoms with Gasteiger partial charge in [-0.3, -0.25) is 9.69 Å². The first-order valence-electron chi connectivity index (χ1n) is 13.4. The molecule has 220 valence electrons. The number of alkyl halides is 3. The quantitative estimate of drug-likeness (QED) is 0.482. The van der Waals surface area contributed by atoms with Crippen molar-refractivity contribution in [1.82, 2.24) is 14.4 Å². The smallest absolute Gasteiger partial charge is 0.418 e. The number of hydrogen-bond donors (Lipinski definition) is 1. The Morgan fingerprint density at radius 2 is 1.80 bits per heavy atom. The Labute approximate surface area is 232 Å². The average molecular weight is 566 g/mol. The summed E-state index contributed by atoms with van der Waals surface area (Å²) in [4.78, 5) is 17.3. The van der Waals surface area contributed by atoms with Crippen LogP contribution in [0.15, 0.2) is 36.7 Å². The van der Waals surface area contributed by atoms with Crippen molar-refractivity contribution in [3.8, 4) is 5.75 Å². The van der Waals surface area contributed by atoms with E-state index in [1.807, 2.05) is 0 Å². The second-order valence-electron chi connectivity index (χ2n) is 11.1. The van der Waals surface area contributed by atoms with Gasteiger partial charge in [0.25, 0.3) is 5.91 Å². The Morgan fingerprint density at radius 3 is 2.40 bits per heavy atom. The highest BCUT2D eigenvalue weighted by Crippen LogP contribution is 2.45. The molecule has 1 aromatic heterocycles. The van der Waals surface area contributed by atoms with Crippen LogP contribution in [0.1, 0.15) is 54.9 Å². The van der Waals surface area contributed by atoms with Crippen LogP contribution < -0.4 is 4.74 Å². The molecule has 2 aliphatic heterocycles. The van der Waals surface area contributed by atoms with Crippen LogP contribution in [0.25, 0.3) is 5.57 Å². The predicted octanol–water partition coefficient (Wildman–Crippen LogP) is 4.27. The predicted molar refractivity (Wildman–Crippen MR) is 144 cm³/mol. The molecule has 1 fully saturated rings. The highest BCUT2D eigenvalue weighted by atomic mass is 19.4. The first-order chi connectivity index (χ1) is 18.8. The van der Waals surface area contributed by atoms with Crippen LogP contribution in [0.5, 0.6) is 5.75 Å². The van der Waals surface area contributed by atoms with Gasteiger partial charge in [-0.25, -0.2) is 0 Å². The van der Waals surface area contributed by atoms with E-state index in [-0.39, 0.29) is 17.7 Å². The minimum Gasteiger partial charge on any atom is -0.492 e. The van der Waals surface area contributed by atoms with Gasteiger partial charge in [-0.2, -0.15) is 13.2 Å². The SMILES string of the molecule is CC(C)OC(O)C1=CN(C(=O)c2ccc(OCCN3CCOCC3)cc2)CC(C)(C)c2c1c(C(F)(F)F)cn2C. The monoisotopic (exact) mass is 565 g/mol. The maximum atomic E-state index is 14.2. The molecule has 0 radical (unpaired) electrons. The van der Waals surface area contributed by atoms with Crippen molar-refractivity contribution >= 4 is 11.5 Å². The van der Waals surface area contributed by atoms with Crippen molar-refractivity contribution in [1.29, 1.82) is 0 Å². The largest absolute Gasteiger partial charge is 0.492 e. The van der Waals surface area contributed by atoms with Gasteiger partial charge in [0.05, 0.1) is 24.9 Å². The molecule has 2 aromatic rings. The van der Waals surface area contributed by atoms with Gasteiger partial charge in [-0.1, -0.05) is 13.8 Å². The fourth-order valence-corrected chi connectivity index (χ4v) is 5.35. The lowest BCUT2D eigenvalue weighted by atomic mass is 9.84. The first kappa shape index (κ1) is 30.1. The number of halogens is 3. The number of nitrogens with zero attached hydrogens (tertiary/aromatic N) is 3. The zero-order valence-corrected chi connectivity index (χ0v) is 23.6. The molecule has 3 heterocycles. The lowest BCUT2D eigenvalue weighted by Gasteiger charge is -2.30. The molecule has 2 aliphatic rings. The Morgan fingerprint density at radius 1 is 1.15 bits per heavy atom. The summed E-state index contributed by atoms with van der Waals surface area (Å²) >= 11 is 0. The summed E-state index contributed by atoms with van der Waals surface area (Å²) in [6.07, 6.45) is -4.49. The number of hydrogen-bond acceptors (Lipinski definition) is 6. The molecule has 0 saturated carbocycles. The highest BCUT2D eigenvalue weighted by molar-refractivity contribution is 5.96. The second-order valence-corrected chi connectivity index (χ2v) is 11.1. The standard InChI is InChI=1S/C29H38F3N3O5/c1-19(2)40-27(37)22-16-35(18-28(3,4)25-24(22)23(17-33(25)5)29(30,31)32)26(36)20-6-8-21(9-7-20)39-15-12-34-10-13-38-14-11-34/h6-9,16-17,19,27,37H,10-15,18H2,1-5H3. The van der Waals surface area contributed by atoms with Gasteiger partial charge in [0.15, 0.2) is 6.29 Å². The van der Waals surface area contributed by atoms with Crippen molar-refractivity contribution in [2.45, 2.75) is 51.7 Å². The molecule has 11 heteroatoms. The highest BCUT2D eigenvalue weighted by Gasteiger charge is 2.44. The van der Waals surface area contributed by atoms with Gasteiger partial charge in [0.1, 0.15) is 12.4 Å². The zero-order chi connectivity index (χ0) is 29.2. The third-order valence-electron chi connectivity index (χ3n) is 7.09. The average Bonchev–Trinajstić information content (AvgIpc) is 3.18. The van der Waals surface area contributed by atoms with Gasteiger partial charge < -0.3 is 28.8 Å². The lowest BCUT2D eigenvalue weighted by Crippen LogP contribution is -2.38. The number of aliphatic hydroxyl groups is 1. The minimum atomic E-state index is -4.67. The van der Waals surface area contributed by atoms with Crippen molar-refractivity contribution in [2.75, 3.05) is 46.0 Å². The van der Waals surface area contributed by atoms with E-state index < -0.39 is 35.5 Å². The van der Waals surface area contributed by atoms with Gasteiger partial charge in [-0.15, -0.1) is 0 Å². The molecular formula is C29H38F3N3O5. The third kappa shape index (κ3) is 6.71. The molecule has 40 heavy (non-hydrogen) atoms. The summed E-state index contributed by atoms with van der Waals surface area (Å²) in [5.74, 6) is 0.198. The number of ether oxygens (including phenoxy) is 3. The number of carbonyl (C=O) groups excluding carboxylic acids is 1. The summed E-state index contributed by atoms with van der Waals surface area (Å²) in [7, 11) is 1.54. The summed E-state index contributed by atoms with van der Waals surface area (Å²) in [6.45, 7) is 11.4. The minimum absolute atomic E-state index is 0.0870. The maximum absolute atomic E-state index is 14.2. The summed E-state index contributed by atoms with van der Waals surface area (Å²) in [5, 5.41) is 10.9. The molecule has 1 aromatic carbocycles. The van der Waals surface area contributed by atoms with Gasteiger partial charge >= 0.3 is 6.18 Å². The molecule has 0 aliphatic carbocycles. The van der Waals surface area contributed by atoms with Crippen LogP contribution in [0.3, 0.4) is 0 Å². The van der Waals surface area contributed by atoms with Crippen LogP contribution in [0, 0.1) is 0 Å². The van der Waals surface area contributed by atoms with E-state index in [4.69, 9.17) is 14.2 Å². The molecule has 0 bridgehead atoms. The number of aryl methyl sites for hydroxylation is 1. The van der Waals surface area contributed by atoms with Crippen LogP contribution in [-0.4, -0.2) is 83.8 Å². The summed E-state index contributed by atoms with van der Waals surface area (Å²) < 4.78 is 60.6. The molecule has 1 saturated heterocycles. The number of benzene rings is 1. The molecule has 8 nitrogen and oxygen atoms in total. The van der Waals surface area contributed by atoms with Crippen molar-refractivity contribution in [3.63, 3.8) is 0 Å². The normalized spacial score (nSPS) is 18.8. The Bertz CT molecular complexity index is 1210. The molecule has 1 unspecified atom stereocenters. The van der Waals surface area contributed by atoms with Crippen molar-refractivity contribution < 1.29 is 37.3 Å². The number of fused-ring (bicyclic) bond motifs is 1. The van der Waals surface area contributed by atoms with E-state index in [0.717, 1.165) is 25.8 Å². The number of aliphatic hydroxyl groups excluding tert-OH is 1. The Kier molecular flexibility index (Phi) is 8.99.